The molecule has 1 aliphatic heterocycles. The Kier molecular flexibility index (Phi) is 5.32. The first-order valence-corrected chi connectivity index (χ1v) is 9.46. The van der Waals surface area contributed by atoms with Crippen molar-refractivity contribution in [3.05, 3.63) is 94.0 Å². The fourth-order valence-corrected chi connectivity index (χ4v) is 3.30. The summed E-state index contributed by atoms with van der Waals surface area (Å²) in [5, 5.41) is 15.8. The van der Waals surface area contributed by atoms with Gasteiger partial charge >= 0.3 is 0 Å². The Balaban J connectivity index is 1.69. The van der Waals surface area contributed by atoms with Gasteiger partial charge < -0.3 is 0 Å². The molecule has 29 heavy (non-hydrogen) atoms. The second-order valence-electron chi connectivity index (χ2n) is 6.58. The number of fused-ring (bicyclic) bond motifs is 1. The fraction of sp³-hybridized carbons (Fsp3) is 0.136. The Labute approximate surface area is 173 Å². The molecule has 0 spiro atoms. The lowest BCUT2D eigenvalue weighted by atomic mass is 9.97. The molecule has 0 radical (unpaired) electrons. The molecule has 4 rings (SSSR count). The Hall–Kier alpha value is -3.56. The summed E-state index contributed by atoms with van der Waals surface area (Å²) in [6, 6.07) is 17.1. The molecule has 142 valence electrons. The van der Waals surface area contributed by atoms with Crippen LogP contribution in [0.2, 0.25) is 5.02 Å². The van der Waals surface area contributed by atoms with Crippen molar-refractivity contribution in [1.82, 2.24) is 15.0 Å². The second-order valence-corrected chi connectivity index (χ2v) is 7.02. The van der Waals surface area contributed by atoms with Crippen LogP contribution in [0.15, 0.2) is 66.0 Å². The van der Waals surface area contributed by atoms with Gasteiger partial charge in [-0.3, -0.25) is 4.79 Å². The molecule has 0 bridgehead atoms. The summed E-state index contributed by atoms with van der Waals surface area (Å²) in [6.07, 6.45) is 4.05. The van der Waals surface area contributed by atoms with E-state index in [4.69, 9.17) is 16.9 Å². The standard InChI is InChI=1S/C22H16ClN5O/c23-18-7-5-15(6-8-18)9-10-28-21(29)11-16-3-1-2-4-19(16)22(27-28)17-13-25-20(12-24)26-14-17/h1-8,13-14H,9-11H2. The number of carbonyl (C=O) groups excluding carboxylic acids is 1. The van der Waals surface area contributed by atoms with Gasteiger partial charge in [0.05, 0.1) is 6.42 Å². The fourth-order valence-electron chi connectivity index (χ4n) is 3.17. The van der Waals surface area contributed by atoms with E-state index in [1.165, 1.54) is 5.01 Å². The van der Waals surface area contributed by atoms with Gasteiger partial charge in [0.25, 0.3) is 0 Å². The monoisotopic (exact) mass is 401 g/mol. The summed E-state index contributed by atoms with van der Waals surface area (Å²) in [5.41, 5.74) is 4.11. The smallest absolute Gasteiger partial charge is 0.247 e. The van der Waals surface area contributed by atoms with Gasteiger partial charge in [-0.05, 0) is 29.7 Å². The van der Waals surface area contributed by atoms with E-state index in [1.807, 2.05) is 54.6 Å². The van der Waals surface area contributed by atoms with Crippen molar-refractivity contribution < 1.29 is 4.79 Å². The number of carbonyl (C=O) groups is 1. The molecule has 7 heteroatoms. The average molecular weight is 402 g/mol. The number of nitrogens with zero attached hydrogens (tertiary/aromatic N) is 5. The highest BCUT2D eigenvalue weighted by Gasteiger charge is 2.24. The lowest BCUT2D eigenvalue weighted by molar-refractivity contribution is -0.130. The Morgan fingerprint density at radius 1 is 1.07 bits per heavy atom. The van der Waals surface area contributed by atoms with Crippen LogP contribution in [-0.2, 0) is 17.6 Å². The number of nitriles is 1. The summed E-state index contributed by atoms with van der Waals surface area (Å²) in [7, 11) is 0. The molecule has 1 amide bonds. The van der Waals surface area contributed by atoms with Crippen LogP contribution in [0, 0.1) is 11.3 Å². The molecule has 0 unspecified atom stereocenters. The van der Waals surface area contributed by atoms with Gasteiger partial charge in [-0.25, -0.2) is 15.0 Å². The number of aromatic nitrogens is 2. The Morgan fingerprint density at radius 3 is 2.52 bits per heavy atom. The van der Waals surface area contributed by atoms with Gasteiger partial charge in [0.1, 0.15) is 11.8 Å². The van der Waals surface area contributed by atoms with Gasteiger partial charge in [-0.1, -0.05) is 48.0 Å². The van der Waals surface area contributed by atoms with Crippen LogP contribution in [-0.4, -0.2) is 33.1 Å². The molecule has 1 aromatic heterocycles. The molecule has 0 saturated heterocycles. The van der Waals surface area contributed by atoms with Crippen LogP contribution in [0.1, 0.15) is 28.1 Å². The average Bonchev–Trinajstić information content (AvgIpc) is 2.89. The first kappa shape index (κ1) is 18.8. The maximum atomic E-state index is 12.9. The minimum atomic E-state index is -0.0732. The minimum absolute atomic E-state index is 0.0732. The summed E-state index contributed by atoms with van der Waals surface area (Å²) >= 11 is 5.95. The predicted octanol–water partition coefficient (Wildman–Crippen LogP) is 3.38. The van der Waals surface area contributed by atoms with E-state index >= 15 is 0 Å². The van der Waals surface area contributed by atoms with Crippen molar-refractivity contribution in [1.29, 1.82) is 5.26 Å². The molecule has 2 heterocycles. The highest BCUT2D eigenvalue weighted by molar-refractivity contribution is 6.30. The summed E-state index contributed by atoms with van der Waals surface area (Å²) in [4.78, 5) is 21.0. The quantitative estimate of drug-likeness (QED) is 0.671. The van der Waals surface area contributed by atoms with E-state index in [0.29, 0.717) is 29.3 Å². The van der Waals surface area contributed by atoms with Crippen LogP contribution >= 0.6 is 11.6 Å². The number of hydrogen-bond acceptors (Lipinski definition) is 5. The molecule has 1 aliphatic rings. The number of hydrazone groups is 1. The Bertz CT molecular complexity index is 1120. The molecular formula is C22H16ClN5O. The van der Waals surface area contributed by atoms with E-state index in [2.05, 4.69) is 15.1 Å². The predicted molar refractivity (Wildman–Crippen MR) is 109 cm³/mol. The molecule has 0 atom stereocenters. The van der Waals surface area contributed by atoms with Crippen LogP contribution in [0.5, 0.6) is 0 Å². The lowest BCUT2D eigenvalue weighted by Crippen LogP contribution is -2.29. The van der Waals surface area contributed by atoms with E-state index in [-0.39, 0.29) is 18.2 Å². The summed E-state index contributed by atoms with van der Waals surface area (Å²) in [6.45, 7) is 0.440. The van der Waals surface area contributed by atoms with E-state index in [9.17, 15) is 4.79 Å². The van der Waals surface area contributed by atoms with Crippen molar-refractivity contribution in [2.24, 2.45) is 5.10 Å². The highest BCUT2D eigenvalue weighted by atomic mass is 35.5. The molecule has 6 nitrogen and oxygen atoms in total. The zero-order valence-corrected chi connectivity index (χ0v) is 16.2. The number of halogens is 1. The van der Waals surface area contributed by atoms with Crippen LogP contribution in [0.3, 0.4) is 0 Å². The van der Waals surface area contributed by atoms with Crippen molar-refractivity contribution >= 4 is 23.2 Å². The van der Waals surface area contributed by atoms with Gasteiger partial charge in [-0.15, -0.1) is 0 Å². The third kappa shape index (κ3) is 4.15. The van der Waals surface area contributed by atoms with Crippen molar-refractivity contribution in [3.63, 3.8) is 0 Å². The number of rotatable bonds is 4. The molecule has 3 aromatic rings. The number of benzene rings is 2. The molecule has 0 saturated carbocycles. The van der Waals surface area contributed by atoms with Crippen LogP contribution in [0.25, 0.3) is 0 Å². The number of hydrogen-bond donors (Lipinski definition) is 0. The first-order valence-electron chi connectivity index (χ1n) is 9.08. The molecule has 0 N–H and O–H groups in total. The molecule has 2 aromatic carbocycles. The maximum Gasteiger partial charge on any atom is 0.247 e. The minimum Gasteiger partial charge on any atom is -0.273 e. The zero-order valence-electron chi connectivity index (χ0n) is 15.4. The Morgan fingerprint density at radius 2 is 1.79 bits per heavy atom. The highest BCUT2D eigenvalue weighted by Crippen LogP contribution is 2.21. The van der Waals surface area contributed by atoms with Gasteiger partial charge in [0.2, 0.25) is 11.7 Å². The van der Waals surface area contributed by atoms with Crippen LogP contribution in [0.4, 0.5) is 0 Å². The van der Waals surface area contributed by atoms with Crippen LogP contribution < -0.4 is 0 Å². The van der Waals surface area contributed by atoms with Gasteiger partial charge in [0, 0.05) is 35.1 Å². The van der Waals surface area contributed by atoms with E-state index in [0.717, 1.165) is 16.7 Å². The topological polar surface area (TPSA) is 82.2 Å². The number of amides is 1. The largest absolute Gasteiger partial charge is 0.273 e. The molecular weight excluding hydrogens is 386 g/mol. The third-order valence-electron chi connectivity index (χ3n) is 4.67. The SMILES string of the molecule is N#Cc1ncc(C2=NN(CCc3ccc(Cl)cc3)C(=O)Cc3ccccc32)cn1. The first-order chi connectivity index (χ1) is 14.1. The van der Waals surface area contributed by atoms with Crippen molar-refractivity contribution in [3.8, 4) is 6.07 Å². The third-order valence-corrected chi connectivity index (χ3v) is 4.93. The van der Waals surface area contributed by atoms with E-state index in [1.54, 1.807) is 12.4 Å². The summed E-state index contributed by atoms with van der Waals surface area (Å²) in [5.74, 6) is 0.0166. The van der Waals surface area contributed by atoms with Gasteiger partial charge in [-0.2, -0.15) is 10.4 Å². The molecule has 0 fully saturated rings. The molecule has 0 aliphatic carbocycles. The normalized spacial score (nSPS) is 13.3. The van der Waals surface area contributed by atoms with E-state index < -0.39 is 0 Å². The van der Waals surface area contributed by atoms with Crippen molar-refractivity contribution in [2.45, 2.75) is 12.8 Å². The second kappa shape index (κ2) is 8.21. The zero-order chi connectivity index (χ0) is 20.2. The van der Waals surface area contributed by atoms with Crippen molar-refractivity contribution in [2.75, 3.05) is 6.54 Å². The summed E-state index contributed by atoms with van der Waals surface area (Å²) < 4.78 is 0. The maximum absolute atomic E-state index is 12.9. The van der Waals surface area contributed by atoms with Gasteiger partial charge in [0.15, 0.2) is 0 Å². The lowest BCUT2D eigenvalue weighted by Gasteiger charge is -2.16.